The summed E-state index contributed by atoms with van der Waals surface area (Å²) in [5, 5.41) is 30.3. The smallest absolute Gasteiger partial charge is 0.148 e. The molecule has 2 aliphatic heterocycles. The summed E-state index contributed by atoms with van der Waals surface area (Å²) in [6.45, 7) is 0. The number of aromatic amines is 1. The van der Waals surface area contributed by atoms with Gasteiger partial charge in [0.05, 0.1) is 29.6 Å². The van der Waals surface area contributed by atoms with Gasteiger partial charge < -0.3 is 10.2 Å². The zero-order valence-corrected chi connectivity index (χ0v) is 18.6. The first-order valence-electron chi connectivity index (χ1n) is 11.9. The summed E-state index contributed by atoms with van der Waals surface area (Å²) in [5.41, 5.74) is 4.65. The summed E-state index contributed by atoms with van der Waals surface area (Å²) in [5.74, 6) is 0.849. The molecule has 1 aliphatic carbocycles. The van der Waals surface area contributed by atoms with Gasteiger partial charge in [-0.3, -0.25) is 5.10 Å². The summed E-state index contributed by atoms with van der Waals surface area (Å²) in [7, 11) is 2.27. The quantitative estimate of drug-likeness (QED) is 0.487. The van der Waals surface area contributed by atoms with Crippen molar-refractivity contribution < 1.29 is 0 Å². The van der Waals surface area contributed by atoms with Crippen LogP contribution in [-0.2, 0) is 0 Å². The minimum atomic E-state index is 0.463. The molecule has 2 unspecified atom stereocenters. The van der Waals surface area contributed by atoms with Gasteiger partial charge in [-0.25, -0.2) is 0 Å². The van der Waals surface area contributed by atoms with E-state index in [1.54, 1.807) is 0 Å². The van der Waals surface area contributed by atoms with Crippen LogP contribution in [0.15, 0.2) is 36.7 Å². The van der Waals surface area contributed by atoms with Gasteiger partial charge in [-0.1, -0.05) is 6.07 Å². The van der Waals surface area contributed by atoms with Gasteiger partial charge in [-0.15, -0.1) is 10.2 Å². The average Bonchev–Trinajstić information content (AvgIpc) is 3.28. The fourth-order valence-electron chi connectivity index (χ4n) is 5.64. The van der Waals surface area contributed by atoms with Gasteiger partial charge >= 0.3 is 0 Å². The highest BCUT2D eigenvalue weighted by atomic mass is 15.5. The molecule has 9 heteroatoms. The van der Waals surface area contributed by atoms with E-state index in [0.29, 0.717) is 24.2 Å². The Hall–Kier alpha value is -3.33. The molecule has 4 aromatic rings. The Morgan fingerprint density at radius 2 is 1.67 bits per heavy atom. The molecular weight excluding hydrogens is 414 g/mol. The van der Waals surface area contributed by atoms with E-state index in [1.165, 1.54) is 25.7 Å². The molecule has 3 aromatic heterocycles. The largest absolute Gasteiger partial charge is 0.366 e. The lowest BCUT2D eigenvalue weighted by Gasteiger charge is -2.36. The van der Waals surface area contributed by atoms with Gasteiger partial charge in [-0.05, 0) is 63.8 Å². The van der Waals surface area contributed by atoms with Crippen molar-refractivity contribution in [2.75, 3.05) is 12.4 Å². The van der Waals surface area contributed by atoms with Gasteiger partial charge in [0, 0.05) is 34.6 Å². The van der Waals surface area contributed by atoms with Crippen molar-refractivity contribution in [1.29, 1.82) is 0 Å². The maximum Gasteiger partial charge on any atom is 0.148 e. The Balaban J connectivity index is 1.14. The minimum Gasteiger partial charge on any atom is -0.366 e. The molecule has 0 spiro atoms. The molecule has 2 bridgehead atoms. The Labute approximate surface area is 191 Å². The predicted octanol–water partition coefficient (Wildman–Crippen LogP) is 3.65. The molecule has 5 heterocycles. The maximum absolute atomic E-state index is 4.69. The first-order chi connectivity index (χ1) is 16.2. The topological polar surface area (TPSA) is 100 Å². The first-order valence-corrected chi connectivity index (χ1v) is 11.9. The second kappa shape index (κ2) is 7.34. The summed E-state index contributed by atoms with van der Waals surface area (Å²) < 4.78 is 0. The van der Waals surface area contributed by atoms with Crippen LogP contribution in [0.2, 0.25) is 0 Å². The van der Waals surface area contributed by atoms with Crippen LogP contribution in [0.5, 0.6) is 0 Å². The van der Waals surface area contributed by atoms with Crippen LogP contribution >= 0.6 is 0 Å². The van der Waals surface area contributed by atoms with E-state index in [4.69, 9.17) is 0 Å². The van der Waals surface area contributed by atoms with Crippen LogP contribution in [0.1, 0.15) is 44.6 Å². The fraction of sp³-hybridized carbons (Fsp3) is 0.458. The third kappa shape index (κ3) is 3.30. The number of H-pyrrole nitrogens is 1. The number of hydrogen-bond acceptors (Lipinski definition) is 7. The van der Waals surface area contributed by atoms with Crippen LogP contribution in [0.3, 0.4) is 0 Å². The summed E-state index contributed by atoms with van der Waals surface area (Å²) in [6, 6.07) is 10.6. The van der Waals surface area contributed by atoms with Crippen LogP contribution in [-0.4, -0.2) is 65.5 Å². The number of anilines is 1. The minimum absolute atomic E-state index is 0.463. The van der Waals surface area contributed by atoms with Crippen LogP contribution < -0.4 is 5.32 Å². The number of rotatable bonds is 5. The average molecular weight is 442 g/mol. The Morgan fingerprint density at radius 1 is 0.879 bits per heavy atom. The van der Waals surface area contributed by atoms with E-state index in [-0.39, 0.29) is 0 Å². The summed E-state index contributed by atoms with van der Waals surface area (Å²) in [4.78, 5) is 4.39. The molecule has 33 heavy (non-hydrogen) atoms. The molecule has 1 aromatic carbocycles. The molecule has 9 nitrogen and oxygen atoms in total. The standard InChI is InChI=1S/C24H27N9/c1-32-16-4-5-17(32)11-14(10-16)27-23-9-8-21(28-29-23)19-7-6-18(20-12-25-30-24(19)20)22-13-26-33(31-22)15-2-3-15/h6-9,12-17H,2-5,10-11H2,1H3,(H,25,30)(H,27,29). The van der Waals surface area contributed by atoms with Crippen molar-refractivity contribution >= 4 is 16.7 Å². The number of nitrogens with one attached hydrogen (secondary N) is 2. The molecule has 7 rings (SSSR count). The lowest BCUT2D eigenvalue weighted by molar-refractivity contribution is 0.168. The third-order valence-electron chi connectivity index (χ3n) is 7.66. The number of hydrogen-bond donors (Lipinski definition) is 2. The van der Waals surface area contributed by atoms with Crippen molar-refractivity contribution in [2.24, 2.45) is 0 Å². The molecule has 3 aliphatic rings. The van der Waals surface area contributed by atoms with Crippen molar-refractivity contribution in [3.05, 3.63) is 36.7 Å². The Morgan fingerprint density at radius 3 is 2.42 bits per heavy atom. The lowest BCUT2D eigenvalue weighted by atomic mass is 9.98. The Bertz CT molecular complexity index is 1290. The van der Waals surface area contributed by atoms with Gasteiger partial charge in [0.25, 0.3) is 0 Å². The molecular formula is C24H27N9. The molecule has 168 valence electrons. The fourth-order valence-corrected chi connectivity index (χ4v) is 5.64. The van der Waals surface area contributed by atoms with E-state index < -0.39 is 0 Å². The molecule has 3 fully saturated rings. The van der Waals surface area contributed by atoms with Crippen LogP contribution in [0.25, 0.3) is 33.4 Å². The normalized spacial score (nSPS) is 25.1. The molecule has 0 amide bonds. The van der Waals surface area contributed by atoms with Gasteiger partial charge in [-0.2, -0.15) is 20.1 Å². The number of fused-ring (bicyclic) bond motifs is 3. The zero-order chi connectivity index (χ0) is 21.9. The van der Waals surface area contributed by atoms with Crippen molar-refractivity contribution in [1.82, 2.24) is 40.3 Å². The van der Waals surface area contributed by atoms with E-state index in [2.05, 4.69) is 60.0 Å². The summed E-state index contributed by atoms with van der Waals surface area (Å²) >= 11 is 0. The van der Waals surface area contributed by atoms with Crippen LogP contribution in [0.4, 0.5) is 5.82 Å². The highest BCUT2D eigenvalue weighted by Gasteiger charge is 2.38. The Kier molecular flexibility index (Phi) is 4.27. The molecule has 2 atom stereocenters. The lowest BCUT2D eigenvalue weighted by Crippen LogP contribution is -2.44. The number of piperidine rings is 1. The monoisotopic (exact) mass is 441 g/mol. The molecule has 2 N–H and O–H groups in total. The van der Waals surface area contributed by atoms with E-state index in [9.17, 15) is 0 Å². The predicted molar refractivity (Wildman–Crippen MR) is 126 cm³/mol. The molecule has 2 saturated heterocycles. The number of benzene rings is 1. The summed E-state index contributed by atoms with van der Waals surface area (Å²) in [6.07, 6.45) is 11.0. The van der Waals surface area contributed by atoms with Gasteiger partial charge in [0.15, 0.2) is 0 Å². The van der Waals surface area contributed by atoms with E-state index >= 15 is 0 Å². The number of nitrogens with zero attached hydrogens (tertiary/aromatic N) is 7. The zero-order valence-electron chi connectivity index (χ0n) is 18.6. The second-order valence-corrected chi connectivity index (χ2v) is 9.77. The van der Waals surface area contributed by atoms with Crippen molar-refractivity contribution in [3.63, 3.8) is 0 Å². The molecule has 1 saturated carbocycles. The second-order valence-electron chi connectivity index (χ2n) is 9.77. The third-order valence-corrected chi connectivity index (χ3v) is 7.66. The highest BCUT2D eigenvalue weighted by molar-refractivity contribution is 6.01. The SMILES string of the molecule is CN1C2CCC1CC(Nc1ccc(-c3ccc(-c4cnn(C5CC5)n4)c4cn[nH]c34)nn1)C2. The number of aromatic nitrogens is 7. The van der Waals surface area contributed by atoms with E-state index in [0.717, 1.165) is 52.1 Å². The highest BCUT2D eigenvalue weighted by Crippen LogP contribution is 2.37. The van der Waals surface area contributed by atoms with Gasteiger partial charge in [0.2, 0.25) is 0 Å². The first kappa shape index (κ1) is 19.2. The maximum atomic E-state index is 4.69. The van der Waals surface area contributed by atoms with Gasteiger partial charge in [0.1, 0.15) is 11.5 Å². The van der Waals surface area contributed by atoms with Crippen molar-refractivity contribution in [2.45, 2.75) is 62.7 Å². The van der Waals surface area contributed by atoms with Crippen LogP contribution in [0, 0.1) is 0 Å². The van der Waals surface area contributed by atoms with Crippen molar-refractivity contribution in [3.8, 4) is 22.5 Å². The van der Waals surface area contributed by atoms with E-state index in [1.807, 2.05) is 29.3 Å². The molecule has 0 radical (unpaired) electrons.